The lowest BCUT2D eigenvalue weighted by Crippen LogP contribution is -2.08. The molecule has 0 bridgehead atoms. The van der Waals surface area contributed by atoms with Crippen LogP contribution in [0.15, 0.2) is 18.5 Å². The van der Waals surface area contributed by atoms with Crippen molar-refractivity contribution in [2.45, 2.75) is 3.78 Å². The molecule has 0 nitrogen and oxygen atoms in total. The molecule has 0 amide bonds. The molecule has 0 aromatic rings. The summed E-state index contributed by atoms with van der Waals surface area (Å²) in [6.45, 7) is 0. The number of allylic oxidation sites excluding steroid dienone is 4. The third kappa shape index (κ3) is 1.77. The molecule has 0 saturated heterocycles. The first-order valence-electron chi connectivity index (χ1n) is 2.38. The fourth-order valence-corrected chi connectivity index (χ4v) is 3.98. The first-order valence-corrected chi connectivity index (χ1v) is 6.31. The zero-order chi connectivity index (χ0) is 8.81. The maximum absolute atomic E-state index is 6.02. The van der Waals surface area contributed by atoms with Gasteiger partial charge in [-0.15, -0.1) is 0 Å². The summed E-state index contributed by atoms with van der Waals surface area (Å²) in [7, 11) is 0. The monoisotopic (exact) mass is 446 g/mol. The van der Waals surface area contributed by atoms with Gasteiger partial charge >= 0.3 is 0 Å². The van der Waals surface area contributed by atoms with Crippen molar-refractivity contribution in [3.8, 4) is 0 Å². The number of hydrogen-bond donors (Lipinski definition) is 0. The van der Waals surface area contributed by atoms with E-state index >= 15 is 0 Å². The van der Waals surface area contributed by atoms with Crippen LogP contribution >= 0.6 is 86.9 Å². The van der Waals surface area contributed by atoms with E-state index in [0.29, 0.717) is 5.03 Å². The third-order valence-electron chi connectivity index (χ3n) is 1.13. The zero-order valence-corrected chi connectivity index (χ0v) is 12.6. The molecule has 0 aromatic carbocycles. The number of alkyl halides is 2. The predicted octanol–water partition coefficient (Wildman–Crippen LogP) is 5.18. The second-order valence-electron chi connectivity index (χ2n) is 1.83. The molecule has 1 atom stereocenters. The van der Waals surface area contributed by atoms with Crippen LogP contribution in [0.5, 0.6) is 0 Å². The van der Waals surface area contributed by atoms with Crippen molar-refractivity contribution in [1.82, 2.24) is 0 Å². The molecular formula is C5Br4Cl2. The fourth-order valence-electron chi connectivity index (χ4n) is 0.565. The Morgan fingerprint density at radius 2 is 1.55 bits per heavy atom. The van der Waals surface area contributed by atoms with Crippen molar-refractivity contribution in [3.63, 3.8) is 0 Å². The van der Waals surface area contributed by atoms with Gasteiger partial charge in [-0.1, -0.05) is 55.1 Å². The van der Waals surface area contributed by atoms with Crippen molar-refractivity contribution in [2.75, 3.05) is 0 Å². The lowest BCUT2D eigenvalue weighted by Gasteiger charge is -2.13. The topological polar surface area (TPSA) is 0 Å². The minimum atomic E-state index is -0.813. The quantitative estimate of drug-likeness (QED) is 0.447. The summed E-state index contributed by atoms with van der Waals surface area (Å²) in [5, 5.41) is 0.512. The summed E-state index contributed by atoms with van der Waals surface area (Å²) >= 11 is 25.1. The summed E-state index contributed by atoms with van der Waals surface area (Å²) in [6, 6.07) is 0. The van der Waals surface area contributed by atoms with Crippen molar-refractivity contribution in [2.24, 2.45) is 0 Å². The summed E-state index contributed by atoms with van der Waals surface area (Å²) in [5.41, 5.74) is 0. The van der Waals surface area contributed by atoms with E-state index in [1.807, 2.05) is 0 Å². The predicted molar refractivity (Wildman–Crippen MR) is 64.2 cm³/mol. The first kappa shape index (κ1) is 11.1. The van der Waals surface area contributed by atoms with Gasteiger partial charge in [0.05, 0.1) is 9.51 Å². The molecule has 0 saturated carbocycles. The van der Waals surface area contributed by atoms with Gasteiger partial charge in [0.2, 0.25) is 0 Å². The molecule has 11 heavy (non-hydrogen) atoms. The molecule has 1 unspecified atom stereocenters. The molecule has 0 aromatic heterocycles. The molecule has 1 aliphatic rings. The van der Waals surface area contributed by atoms with Gasteiger partial charge in [-0.05, 0) is 31.9 Å². The molecule has 0 N–H and O–H groups in total. The van der Waals surface area contributed by atoms with E-state index in [-0.39, 0.29) is 0 Å². The second-order valence-corrected chi connectivity index (χ2v) is 6.80. The Bertz CT molecular complexity index is 240. The second kappa shape index (κ2) is 3.62. The molecular weight excluding hydrogens is 451 g/mol. The Labute approximate surface area is 108 Å². The number of rotatable bonds is 0. The van der Waals surface area contributed by atoms with E-state index in [9.17, 15) is 0 Å². The largest absolute Gasteiger partial charge is 0.168 e. The van der Waals surface area contributed by atoms with Crippen molar-refractivity contribution in [1.29, 1.82) is 0 Å². The molecule has 0 fully saturated rings. The summed E-state index contributed by atoms with van der Waals surface area (Å²) in [6.07, 6.45) is 0. The highest BCUT2D eigenvalue weighted by atomic mass is 79.9. The van der Waals surface area contributed by atoms with Gasteiger partial charge in [0.1, 0.15) is 0 Å². The van der Waals surface area contributed by atoms with Gasteiger partial charge in [0.25, 0.3) is 0 Å². The van der Waals surface area contributed by atoms with E-state index in [1.54, 1.807) is 0 Å². The summed E-state index contributed by atoms with van der Waals surface area (Å²) in [5.74, 6) is 0. The highest BCUT2D eigenvalue weighted by Crippen LogP contribution is 2.56. The van der Waals surface area contributed by atoms with Crippen LogP contribution in [0.2, 0.25) is 0 Å². The van der Waals surface area contributed by atoms with Crippen LogP contribution in [0.3, 0.4) is 0 Å². The van der Waals surface area contributed by atoms with E-state index < -0.39 is 3.78 Å². The van der Waals surface area contributed by atoms with Gasteiger partial charge in [0.15, 0.2) is 3.78 Å². The standard InChI is InChI=1S/C5Br4Cl2/c6-1-2(7)4(10)5(9,11)3(1)8. The molecule has 1 rings (SSSR count). The third-order valence-corrected chi connectivity index (χ3v) is 7.73. The Morgan fingerprint density at radius 3 is 1.64 bits per heavy atom. The van der Waals surface area contributed by atoms with Gasteiger partial charge < -0.3 is 0 Å². The van der Waals surface area contributed by atoms with Crippen LogP contribution in [-0.4, -0.2) is 3.78 Å². The van der Waals surface area contributed by atoms with Crippen LogP contribution < -0.4 is 0 Å². The number of halogens is 6. The molecule has 62 valence electrons. The Hall–Kier alpha value is 1.98. The van der Waals surface area contributed by atoms with E-state index in [1.165, 1.54) is 0 Å². The van der Waals surface area contributed by atoms with Gasteiger partial charge in [-0.25, -0.2) is 0 Å². The fraction of sp³-hybridized carbons (Fsp3) is 0.200. The lowest BCUT2D eigenvalue weighted by atomic mass is 10.5. The van der Waals surface area contributed by atoms with Crippen LogP contribution in [0.4, 0.5) is 0 Å². The highest BCUT2D eigenvalue weighted by molar-refractivity contribution is 9.17. The van der Waals surface area contributed by atoms with Crippen LogP contribution in [-0.2, 0) is 0 Å². The maximum atomic E-state index is 6.02. The van der Waals surface area contributed by atoms with E-state index in [2.05, 4.69) is 63.7 Å². The average molecular weight is 451 g/mol. The summed E-state index contributed by atoms with van der Waals surface area (Å²) < 4.78 is 1.54. The normalized spacial score (nSPS) is 32.2. The van der Waals surface area contributed by atoms with Gasteiger partial charge in [0, 0.05) is 8.96 Å². The molecule has 0 spiro atoms. The smallest absolute Gasteiger partial charge is 0.0944 e. The van der Waals surface area contributed by atoms with Gasteiger partial charge in [-0.2, -0.15) is 0 Å². The van der Waals surface area contributed by atoms with Crippen molar-refractivity contribution < 1.29 is 0 Å². The Balaban J connectivity index is 3.27. The zero-order valence-electron chi connectivity index (χ0n) is 4.77. The Kier molecular flexibility index (Phi) is 3.64. The molecule has 0 radical (unpaired) electrons. The lowest BCUT2D eigenvalue weighted by molar-refractivity contribution is 1.31. The highest BCUT2D eigenvalue weighted by Gasteiger charge is 2.41. The molecule has 6 heteroatoms. The van der Waals surface area contributed by atoms with Crippen LogP contribution in [0, 0.1) is 0 Å². The van der Waals surface area contributed by atoms with Crippen molar-refractivity contribution >= 4 is 86.9 Å². The van der Waals surface area contributed by atoms with Crippen LogP contribution in [0.1, 0.15) is 0 Å². The maximum Gasteiger partial charge on any atom is 0.168 e. The minimum Gasteiger partial charge on any atom is -0.0944 e. The Morgan fingerprint density at radius 1 is 1.09 bits per heavy atom. The summed E-state index contributed by atoms with van der Waals surface area (Å²) in [4.78, 5) is 0. The van der Waals surface area contributed by atoms with Crippen LogP contribution in [0.25, 0.3) is 0 Å². The van der Waals surface area contributed by atoms with E-state index in [0.717, 1.165) is 13.4 Å². The van der Waals surface area contributed by atoms with Crippen molar-refractivity contribution in [3.05, 3.63) is 18.5 Å². The SMILES string of the molecule is ClC1=C(Br)C(Br)=C(Br)C1(Cl)Br. The molecule has 0 heterocycles. The molecule has 0 aliphatic heterocycles. The minimum absolute atomic E-state index is 0.512. The average Bonchev–Trinajstić information content (AvgIpc) is 2.06. The first-order chi connectivity index (χ1) is 4.89. The number of hydrogen-bond acceptors (Lipinski definition) is 0. The van der Waals surface area contributed by atoms with Gasteiger partial charge in [-0.3, -0.25) is 0 Å². The molecule has 1 aliphatic carbocycles. The van der Waals surface area contributed by atoms with E-state index in [4.69, 9.17) is 23.2 Å².